The molecule has 0 aliphatic rings. The number of ether oxygens (including phenoxy) is 1. The summed E-state index contributed by atoms with van der Waals surface area (Å²) in [6, 6.07) is 8.31. The standard InChI is InChI=1S/C19H31NO3/c1-2-3-4-5-6-16-23-18-11-9-17(10-12-18)8-7-14-20-15-13-19(21)22/h9-12,20H,2-8,13-16H2,1H3,(H,21,22). The fraction of sp³-hybridized carbons (Fsp3) is 0.632. The molecule has 0 fully saturated rings. The van der Waals surface area contributed by atoms with Crippen LogP contribution in [0.3, 0.4) is 0 Å². The van der Waals surface area contributed by atoms with E-state index in [1.54, 1.807) is 0 Å². The average molecular weight is 321 g/mol. The maximum Gasteiger partial charge on any atom is 0.304 e. The van der Waals surface area contributed by atoms with Crippen molar-refractivity contribution in [3.05, 3.63) is 29.8 Å². The number of unbranched alkanes of at least 4 members (excludes halogenated alkanes) is 4. The second kappa shape index (κ2) is 12.9. The van der Waals surface area contributed by atoms with Gasteiger partial charge in [-0.15, -0.1) is 0 Å². The molecule has 23 heavy (non-hydrogen) atoms. The van der Waals surface area contributed by atoms with Crippen molar-refractivity contribution in [3.63, 3.8) is 0 Å². The Labute approximate surface area is 140 Å². The molecule has 0 atom stereocenters. The van der Waals surface area contributed by atoms with E-state index in [0.717, 1.165) is 38.2 Å². The number of benzene rings is 1. The number of hydrogen-bond acceptors (Lipinski definition) is 3. The monoisotopic (exact) mass is 321 g/mol. The maximum atomic E-state index is 10.4. The predicted octanol–water partition coefficient (Wildman–Crippen LogP) is 4.03. The highest BCUT2D eigenvalue weighted by atomic mass is 16.5. The van der Waals surface area contributed by atoms with Crippen LogP contribution in [0.1, 0.15) is 57.4 Å². The topological polar surface area (TPSA) is 58.6 Å². The van der Waals surface area contributed by atoms with Crippen molar-refractivity contribution in [2.75, 3.05) is 19.7 Å². The van der Waals surface area contributed by atoms with Gasteiger partial charge in [-0.25, -0.2) is 0 Å². The molecule has 2 N–H and O–H groups in total. The Morgan fingerprint density at radius 3 is 2.48 bits per heavy atom. The number of nitrogens with one attached hydrogen (secondary N) is 1. The van der Waals surface area contributed by atoms with Crippen LogP contribution in [0.2, 0.25) is 0 Å². The van der Waals surface area contributed by atoms with Crippen molar-refractivity contribution >= 4 is 5.97 Å². The van der Waals surface area contributed by atoms with E-state index in [1.165, 1.54) is 31.2 Å². The summed E-state index contributed by atoms with van der Waals surface area (Å²) in [5.74, 6) is 0.197. The van der Waals surface area contributed by atoms with Crippen LogP contribution < -0.4 is 10.1 Å². The molecule has 0 saturated heterocycles. The van der Waals surface area contributed by atoms with Crippen molar-refractivity contribution in [2.24, 2.45) is 0 Å². The molecule has 0 saturated carbocycles. The van der Waals surface area contributed by atoms with Gasteiger partial charge in [-0.1, -0.05) is 44.7 Å². The molecule has 0 amide bonds. The molecule has 0 aliphatic heterocycles. The van der Waals surface area contributed by atoms with Gasteiger partial charge < -0.3 is 15.2 Å². The molecule has 0 spiro atoms. The summed E-state index contributed by atoms with van der Waals surface area (Å²) < 4.78 is 5.75. The zero-order chi connectivity index (χ0) is 16.8. The lowest BCUT2D eigenvalue weighted by Gasteiger charge is -2.08. The van der Waals surface area contributed by atoms with Crippen molar-refractivity contribution < 1.29 is 14.6 Å². The van der Waals surface area contributed by atoms with E-state index >= 15 is 0 Å². The molecule has 4 heteroatoms. The van der Waals surface area contributed by atoms with Crippen LogP contribution in [0, 0.1) is 0 Å². The smallest absolute Gasteiger partial charge is 0.304 e. The number of aliphatic carboxylic acids is 1. The van der Waals surface area contributed by atoms with Gasteiger partial charge in [-0.05, 0) is 43.5 Å². The molecule has 0 aliphatic carbocycles. The first-order valence-electron chi connectivity index (χ1n) is 8.86. The predicted molar refractivity (Wildman–Crippen MR) is 94.1 cm³/mol. The summed E-state index contributed by atoms with van der Waals surface area (Å²) in [7, 11) is 0. The summed E-state index contributed by atoms with van der Waals surface area (Å²) in [4.78, 5) is 10.4. The van der Waals surface area contributed by atoms with E-state index < -0.39 is 5.97 Å². The molecule has 130 valence electrons. The highest BCUT2D eigenvalue weighted by Gasteiger charge is 1.98. The summed E-state index contributed by atoms with van der Waals surface area (Å²) >= 11 is 0. The third-order valence-electron chi connectivity index (χ3n) is 3.77. The van der Waals surface area contributed by atoms with Crippen molar-refractivity contribution in [1.82, 2.24) is 5.32 Å². The Morgan fingerprint density at radius 1 is 1.04 bits per heavy atom. The highest BCUT2D eigenvalue weighted by molar-refractivity contribution is 5.66. The summed E-state index contributed by atoms with van der Waals surface area (Å²) in [6.07, 6.45) is 8.47. The Bertz CT molecular complexity index is 417. The van der Waals surface area contributed by atoms with Crippen LogP contribution >= 0.6 is 0 Å². The van der Waals surface area contributed by atoms with Crippen LogP contribution in [0.4, 0.5) is 0 Å². The van der Waals surface area contributed by atoms with Gasteiger partial charge in [0.05, 0.1) is 13.0 Å². The lowest BCUT2D eigenvalue weighted by Crippen LogP contribution is -2.19. The Kier molecular flexibility index (Phi) is 11.0. The molecule has 0 unspecified atom stereocenters. The lowest BCUT2D eigenvalue weighted by atomic mass is 10.1. The van der Waals surface area contributed by atoms with E-state index in [2.05, 4.69) is 24.4 Å². The zero-order valence-corrected chi connectivity index (χ0v) is 14.4. The maximum absolute atomic E-state index is 10.4. The molecule has 0 radical (unpaired) electrons. The molecule has 0 bridgehead atoms. The minimum absolute atomic E-state index is 0.185. The zero-order valence-electron chi connectivity index (χ0n) is 14.4. The van der Waals surface area contributed by atoms with Crippen LogP contribution in [-0.4, -0.2) is 30.8 Å². The SMILES string of the molecule is CCCCCCCOc1ccc(CCCNCCC(=O)O)cc1. The van der Waals surface area contributed by atoms with E-state index in [0.29, 0.717) is 6.54 Å². The Morgan fingerprint density at radius 2 is 1.78 bits per heavy atom. The van der Waals surface area contributed by atoms with Gasteiger partial charge in [0.25, 0.3) is 0 Å². The fourth-order valence-electron chi connectivity index (χ4n) is 2.39. The molecular formula is C19H31NO3. The van der Waals surface area contributed by atoms with Gasteiger partial charge in [0.15, 0.2) is 0 Å². The number of aryl methyl sites for hydroxylation is 1. The number of carbonyl (C=O) groups is 1. The number of hydrogen-bond donors (Lipinski definition) is 2. The summed E-state index contributed by atoms with van der Waals surface area (Å²) in [5, 5.41) is 11.7. The van der Waals surface area contributed by atoms with Crippen LogP contribution in [0.15, 0.2) is 24.3 Å². The van der Waals surface area contributed by atoms with Crippen molar-refractivity contribution in [2.45, 2.75) is 58.3 Å². The minimum atomic E-state index is -0.751. The molecule has 0 heterocycles. The minimum Gasteiger partial charge on any atom is -0.494 e. The highest BCUT2D eigenvalue weighted by Crippen LogP contribution is 2.14. The van der Waals surface area contributed by atoms with Crippen LogP contribution in [0.25, 0.3) is 0 Å². The van der Waals surface area contributed by atoms with E-state index in [-0.39, 0.29) is 6.42 Å². The quantitative estimate of drug-likeness (QED) is 0.508. The average Bonchev–Trinajstić information content (AvgIpc) is 2.55. The second-order valence-electron chi connectivity index (χ2n) is 5.90. The van der Waals surface area contributed by atoms with E-state index in [9.17, 15) is 4.79 Å². The largest absolute Gasteiger partial charge is 0.494 e. The van der Waals surface area contributed by atoms with Gasteiger partial charge in [0.1, 0.15) is 5.75 Å². The summed E-state index contributed by atoms with van der Waals surface area (Å²) in [5.41, 5.74) is 1.29. The molecule has 1 aromatic rings. The Balaban J connectivity index is 2.07. The second-order valence-corrected chi connectivity index (χ2v) is 5.90. The molecular weight excluding hydrogens is 290 g/mol. The number of rotatable bonds is 14. The fourth-order valence-corrected chi connectivity index (χ4v) is 2.39. The van der Waals surface area contributed by atoms with Gasteiger partial charge >= 0.3 is 5.97 Å². The van der Waals surface area contributed by atoms with Crippen LogP contribution in [0.5, 0.6) is 5.75 Å². The van der Waals surface area contributed by atoms with Gasteiger partial charge in [0.2, 0.25) is 0 Å². The number of carboxylic acids is 1. The lowest BCUT2D eigenvalue weighted by molar-refractivity contribution is -0.136. The molecule has 1 rings (SSSR count). The molecule has 1 aromatic carbocycles. The third kappa shape index (κ3) is 10.7. The first-order chi connectivity index (χ1) is 11.2. The first kappa shape index (κ1) is 19.5. The first-order valence-corrected chi connectivity index (χ1v) is 8.86. The van der Waals surface area contributed by atoms with Crippen molar-refractivity contribution in [3.8, 4) is 5.75 Å². The van der Waals surface area contributed by atoms with Gasteiger partial charge in [-0.3, -0.25) is 4.79 Å². The Hall–Kier alpha value is -1.55. The molecule has 0 aromatic heterocycles. The normalized spacial score (nSPS) is 10.7. The van der Waals surface area contributed by atoms with Gasteiger partial charge in [0, 0.05) is 6.54 Å². The van der Waals surface area contributed by atoms with E-state index in [1.807, 2.05) is 12.1 Å². The molecule has 4 nitrogen and oxygen atoms in total. The third-order valence-corrected chi connectivity index (χ3v) is 3.77. The summed E-state index contributed by atoms with van der Waals surface area (Å²) in [6.45, 7) is 4.42. The van der Waals surface area contributed by atoms with Crippen LogP contribution in [-0.2, 0) is 11.2 Å². The van der Waals surface area contributed by atoms with E-state index in [4.69, 9.17) is 9.84 Å². The van der Waals surface area contributed by atoms with Crippen molar-refractivity contribution in [1.29, 1.82) is 0 Å². The van der Waals surface area contributed by atoms with Gasteiger partial charge in [-0.2, -0.15) is 0 Å². The number of carboxylic acid groups (broad SMARTS) is 1.